The topological polar surface area (TPSA) is 78.0 Å². The van der Waals surface area contributed by atoms with E-state index < -0.39 is 10.0 Å². The number of hydrogen-bond donors (Lipinski definition) is 1. The largest absolute Gasteiger partial charge is 0.267 e. The number of halogens is 2. The fourth-order valence-electron chi connectivity index (χ4n) is 1.48. The fourth-order valence-corrected chi connectivity index (χ4v) is 2.73. The number of nitrogens with zero attached hydrogens (tertiary/aromatic N) is 2. The molecule has 2 aromatic rings. The molecule has 18 heavy (non-hydrogen) atoms. The predicted octanol–water partition coefficient (Wildman–Crippen LogP) is 1.89. The van der Waals surface area contributed by atoms with Gasteiger partial charge in [0.1, 0.15) is 4.90 Å². The van der Waals surface area contributed by atoms with E-state index in [4.69, 9.17) is 28.3 Å². The van der Waals surface area contributed by atoms with Crippen LogP contribution >= 0.6 is 23.2 Å². The molecule has 0 aliphatic carbocycles. The van der Waals surface area contributed by atoms with Crippen molar-refractivity contribution in [3.05, 3.63) is 46.2 Å². The molecule has 96 valence electrons. The summed E-state index contributed by atoms with van der Waals surface area (Å²) in [5.41, 5.74) is 0.711. The number of benzene rings is 1. The van der Waals surface area contributed by atoms with E-state index in [0.29, 0.717) is 17.1 Å². The maximum absolute atomic E-state index is 11.3. The van der Waals surface area contributed by atoms with Crippen molar-refractivity contribution in [2.24, 2.45) is 5.14 Å². The summed E-state index contributed by atoms with van der Waals surface area (Å²) in [5.74, 6) is 0. The number of aromatic nitrogens is 2. The third kappa shape index (κ3) is 3.02. The Kier molecular flexibility index (Phi) is 3.63. The van der Waals surface area contributed by atoms with Gasteiger partial charge in [0.25, 0.3) is 0 Å². The first-order chi connectivity index (χ1) is 8.36. The van der Waals surface area contributed by atoms with Crippen molar-refractivity contribution in [3.63, 3.8) is 0 Å². The maximum Gasteiger partial charge on any atom is 0.239 e. The minimum atomic E-state index is -3.83. The Labute approximate surface area is 114 Å². The van der Waals surface area contributed by atoms with Crippen molar-refractivity contribution in [1.29, 1.82) is 0 Å². The van der Waals surface area contributed by atoms with E-state index in [9.17, 15) is 8.42 Å². The zero-order valence-corrected chi connectivity index (χ0v) is 11.4. The second kappa shape index (κ2) is 4.89. The number of nitrogens with two attached hydrogens (primary N) is 1. The number of sulfonamides is 1. The van der Waals surface area contributed by atoms with Crippen molar-refractivity contribution < 1.29 is 8.42 Å². The first-order valence-electron chi connectivity index (χ1n) is 4.85. The van der Waals surface area contributed by atoms with Gasteiger partial charge in [-0.25, -0.2) is 13.6 Å². The van der Waals surface area contributed by atoms with Gasteiger partial charge in [0.05, 0.1) is 22.8 Å². The normalized spacial score (nSPS) is 11.7. The molecule has 0 fully saturated rings. The first kappa shape index (κ1) is 13.4. The van der Waals surface area contributed by atoms with E-state index in [0.717, 1.165) is 0 Å². The lowest BCUT2D eigenvalue weighted by Gasteiger charge is -2.06. The van der Waals surface area contributed by atoms with Crippen LogP contribution in [-0.4, -0.2) is 18.2 Å². The summed E-state index contributed by atoms with van der Waals surface area (Å²) in [6, 6.07) is 4.61. The van der Waals surface area contributed by atoms with Crippen molar-refractivity contribution in [2.75, 3.05) is 0 Å². The minimum absolute atomic E-state index is 0.0970. The van der Waals surface area contributed by atoms with Gasteiger partial charge in [-0.05, 0) is 17.7 Å². The molecule has 0 bridgehead atoms. The third-order valence-electron chi connectivity index (χ3n) is 2.25. The molecule has 5 nitrogen and oxygen atoms in total. The number of rotatable bonds is 3. The molecule has 8 heteroatoms. The lowest BCUT2D eigenvalue weighted by molar-refractivity contribution is 0.597. The van der Waals surface area contributed by atoms with Crippen LogP contribution in [0.15, 0.2) is 35.5 Å². The molecule has 0 amide bonds. The van der Waals surface area contributed by atoms with Crippen LogP contribution in [0.25, 0.3) is 0 Å². The minimum Gasteiger partial charge on any atom is -0.267 e. The fraction of sp³-hybridized carbons (Fsp3) is 0.100. The van der Waals surface area contributed by atoms with Crippen molar-refractivity contribution >= 4 is 33.2 Å². The molecular weight excluding hydrogens is 297 g/mol. The van der Waals surface area contributed by atoms with Crippen molar-refractivity contribution in [3.8, 4) is 0 Å². The smallest absolute Gasteiger partial charge is 0.239 e. The summed E-state index contributed by atoms with van der Waals surface area (Å²) in [7, 11) is -3.83. The van der Waals surface area contributed by atoms with E-state index in [1.165, 1.54) is 18.3 Å². The van der Waals surface area contributed by atoms with Gasteiger partial charge in [-0.1, -0.05) is 29.3 Å². The molecule has 0 aliphatic heterocycles. The van der Waals surface area contributed by atoms with E-state index in [2.05, 4.69) is 5.10 Å². The van der Waals surface area contributed by atoms with E-state index >= 15 is 0 Å². The Morgan fingerprint density at radius 1 is 1.33 bits per heavy atom. The Balaban J connectivity index is 2.36. The number of hydrogen-bond acceptors (Lipinski definition) is 3. The standard InChI is InChI=1S/C10H9Cl2N3O2S/c11-8-4-14-15(6-8)5-7-1-2-9(12)10(3-7)18(13,16)17/h1-4,6H,5H2,(H2,13,16,17). The lowest BCUT2D eigenvalue weighted by atomic mass is 10.2. The molecule has 0 saturated heterocycles. The van der Waals surface area contributed by atoms with Gasteiger partial charge in [0, 0.05) is 6.20 Å². The average Bonchev–Trinajstić information content (AvgIpc) is 2.65. The molecule has 1 aromatic heterocycles. The molecule has 0 unspecified atom stereocenters. The van der Waals surface area contributed by atoms with E-state index in [1.807, 2.05) is 0 Å². The summed E-state index contributed by atoms with van der Waals surface area (Å²) in [5, 5.41) is 9.67. The Morgan fingerprint density at radius 3 is 2.61 bits per heavy atom. The first-order valence-corrected chi connectivity index (χ1v) is 7.15. The second-order valence-electron chi connectivity index (χ2n) is 3.67. The molecule has 0 radical (unpaired) electrons. The Hall–Kier alpha value is -1.08. The summed E-state index contributed by atoms with van der Waals surface area (Å²) in [6.07, 6.45) is 3.13. The van der Waals surface area contributed by atoms with Crippen LogP contribution in [0.1, 0.15) is 5.56 Å². The van der Waals surface area contributed by atoms with E-state index in [-0.39, 0.29) is 9.92 Å². The molecule has 0 saturated carbocycles. The Morgan fingerprint density at radius 2 is 2.06 bits per heavy atom. The highest BCUT2D eigenvalue weighted by Gasteiger charge is 2.13. The zero-order chi connectivity index (χ0) is 13.3. The van der Waals surface area contributed by atoms with Crippen LogP contribution in [0.3, 0.4) is 0 Å². The quantitative estimate of drug-likeness (QED) is 0.940. The van der Waals surface area contributed by atoms with Crippen LogP contribution in [0.5, 0.6) is 0 Å². The molecule has 1 heterocycles. The zero-order valence-electron chi connectivity index (χ0n) is 9.05. The highest BCUT2D eigenvalue weighted by molar-refractivity contribution is 7.89. The molecule has 2 N–H and O–H groups in total. The molecule has 0 aliphatic rings. The van der Waals surface area contributed by atoms with E-state index in [1.54, 1.807) is 16.9 Å². The van der Waals surface area contributed by atoms with Crippen LogP contribution in [0, 0.1) is 0 Å². The highest BCUT2D eigenvalue weighted by Crippen LogP contribution is 2.22. The Bertz CT molecular complexity index is 682. The van der Waals surface area contributed by atoms with Crippen molar-refractivity contribution in [1.82, 2.24) is 9.78 Å². The maximum atomic E-state index is 11.3. The average molecular weight is 306 g/mol. The predicted molar refractivity (Wildman–Crippen MR) is 69.2 cm³/mol. The van der Waals surface area contributed by atoms with Gasteiger partial charge < -0.3 is 0 Å². The van der Waals surface area contributed by atoms with Crippen LogP contribution in [0.4, 0.5) is 0 Å². The molecule has 0 spiro atoms. The SMILES string of the molecule is NS(=O)(=O)c1cc(Cn2cc(Cl)cn2)ccc1Cl. The second-order valence-corrected chi connectivity index (χ2v) is 6.04. The monoisotopic (exact) mass is 305 g/mol. The van der Waals surface area contributed by atoms with Gasteiger partial charge in [-0.3, -0.25) is 4.68 Å². The molecule has 2 rings (SSSR count). The van der Waals surface area contributed by atoms with Crippen LogP contribution in [0.2, 0.25) is 10.0 Å². The van der Waals surface area contributed by atoms with Gasteiger partial charge in [0.2, 0.25) is 10.0 Å². The lowest BCUT2D eigenvalue weighted by Crippen LogP contribution is -2.13. The molecular formula is C10H9Cl2N3O2S. The van der Waals surface area contributed by atoms with Gasteiger partial charge in [0.15, 0.2) is 0 Å². The van der Waals surface area contributed by atoms with Crippen LogP contribution in [-0.2, 0) is 16.6 Å². The van der Waals surface area contributed by atoms with Gasteiger partial charge in [-0.2, -0.15) is 5.10 Å². The van der Waals surface area contributed by atoms with Gasteiger partial charge in [-0.15, -0.1) is 0 Å². The summed E-state index contributed by atoms with van der Waals surface area (Å²) in [4.78, 5) is -0.0973. The highest BCUT2D eigenvalue weighted by atomic mass is 35.5. The summed E-state index contributed by atoms with van der Waals surface area (Å²) in [6.45, 7) is 0.381. The number of primary sulfonamides is 1. The molecule has 1 aromatic carbocycles. The summed E-state index contributed by atoms with van der Waals surface area (Å²) >= 11 is 11.5. The van der Waals surface area contributed by atoms with Crippen LogP contribution < -0.4 is 5.14 Å². The molecule has 0 atom stereocenters. The van der Waals surface area contributed by atoms with Crippen molar-refractivity contribution in [2.45, 2.75) is 11.4 Å². The third-order valence-corrected chi connectivity index (χ3v) is 3.84. The summed E-state index contributed by atoms with van der Waals surface area (Å²) < 4.78 is 24.2. The van der Waals surface area contributed by atoms with Gasteiger partial charge >= 0.3 is 0 Å².